The third-order valence-corrected chi connectivity index (χ3v) is 3.63. The standard InChI is InChI=1S/C16H24N4O/c17-16(18-10-8-14-6-2-1-3-7-14)19-11-9-15(21)20-12-4-5-13-20/h1-3,6-7H,4-5,8-13H2,(H3,17,18,19). The number of nitrogens with one attached hydrogen (secondary N) is 1. The van der Waals surface area contributed by atoms with E-state index in [-0.39, 0.29) is 5.91 Å². The lowest BCUT2D eigenvalue weighted by Gasteiger charge is -2.14. The van der Waals surface area contributed by atoms with Gasteiger partial charge >= 0.3 is 0 Å². The maximum Gasteiger partial charge on any atom is 0.224 e. The quantitative estimate of drug-likeness (QED) is 0.609. The Bertz CT molecular complexity index is 466. The zero-order chi connectivity index (χ0) is 14.9. The number of aliphatic imine (C=N–C) groups is 1. The van der Waals surface area contributed by atoms with Crippen molar-refractivity contribution in [2.24, 2.45) is 10.7 Å². The molecule has 0 saturated carbocycles. The Morgan fingerprint density at radius 3 is 2.67 bits per heavy atom. The van der Waals surface area contributed by atoms with Gasteiger partial charge < -0.3 is 16.0 Å². The first-order valence-corrected chi connectivity index (χ1v) is 7.61. The summed E-state index contributed by atoms with van der Waals surface area (Å²) in [6, 6.07) is 10.2. The van der Waals surface area contributed by atoms with Gasteiger partial charge in [0.25, 0.3) is 0 Å². The van der Waals surface area contributed by atoms with Crippen LogP contribution in [0.4, 0.5) is 0 Å². The summed E-state index contributed by atoms with van der Waals surface area (Å²) in [5.74, 6) is 0.605. The van der Waals surface area contributed by atoms with Gasteiger partial charge in [0.05, 0.1) is 6.54 Å². The summed E-state index contributed by atoms with van der Waals surface area (Å²) in [4.78, 5) is 17.9. The third-order valence-electron chi connectivity index (χ3n) is 3.63. The number of guanidine groups is 1. The maximum atomic E-state index is 11.8. The number of amides is 1. The van der Waals surface area contributed by atoms with Crippen molar-refractivity contribution in [2.45, 2.75) is 25.7 Å². The molecule has 1 aliphatic heterocycles. The van der Waals surface area contributed by atoms with Crippen molar-refractivity contribution in [3.8, 4) is 0 Å². The Morgan fingerprint density at radius 1 is 1.24 bits per heavy atom. The summed E-state index contributed by atoms with van der Waals surface area (Å²) in [7, 11) is 0. The first-order chi connectivity index (χ1) is 10.3. The number of carbonyl (C=O) groups is 1. The summed E-state index contributed by atoms with van der Waals surface area (Å²) in [5, 5.41) is 3.08. The zero-order valence-electron chi connectivity index (χ0n) is 12.4. The van der Waals surface area contributed by atoms with E-state index in [0.29, 0.717) is 18.9 Å². The minimum atomic E-state index is 0.188. The SMILES string of the molecule is NC(=NCCC(=O)N1CCCC1)NCCc1ccccc1. The number of carbonyl (C=O) groups excluding carboxylic acids is 1. The van der Waals surface area contributed by atoms with E-state index < -0.39 is 0 Å². The second kappa shape index (κ2) is 8.29. The molecule has 0 aliphatic carbocycles. The molecule has 1 aromatic carbocycles. The van der Waals surface area contributed by atoms with Crippen molar-refractivity contribution in [3.05, 3.63) is 35.9 Å². The summed E-state index contributed by atoms with van der Waals surface area (Å²) < 4.78 is 0. The number of nitrogens with two attached hydrogens (primary N) is 1. The zero-order valence-corrected chi connectivity index (χ0v) is 12.4. The summed E-state index contributed by atoms with van der Waals surface area (Å²) in [6.07, 6.45) is 3.60. The summed E-state index contributed by atoms with van der Waals surface area (Å²) >= 11 is 0. The van der Waals surface area contributed by atoms with E-state index in [9.17, 15) is 4.79 Å². The lowest BCUT2D eigenvalue weighted by molar-refractivity contribution is -0.129. The smallest absolute Gasteiger partial charge is 0.224 e. The number of likely N-dealkylation sites (tertiary alicyclic amines) is 1. The normalized spacial score (nSPS) is 15.2. The monoisotopic (exact) mass is 288 g/mol. The topological polar surface area (TPSA) is 70.7 Å². The van der Waals surface area contributed by atoms with E-state index >= 15 is 0 Å². The van der Waals surface area contributed by atoms with Crippen LogP contribution in [0.25, 0.3) is 0 Å². The Morgan fingerprint density at radius 2 is 1.95 bits per heavy atom. The Balaban J connectivity index is 1.61. The molecule has 1 amide bonds. The second-order valence-corrected chi connectivity index (χ2v) is 5.27. The van der Waals surface area contributed by atoms with Gasteiger partial charge in [-0.3, -0.25) is 9.79 Å². The molecule has 1 saturated heterocycles. The van der Waals surface area contributed by atoms with Crippen LogP contribution < -0.4 is 11.1 Å². The van der Waals surface area contributed by atoms with Gasteiger partial charge in [-0.25, -0.2) is 0 Å². The largest absolute Gasteiger partial charge is 0.370 e. The van der Waals surface area contributed by atoms with Crippen LogP contribution in [0.2, 0.25) is 0 Å². The Labute approximate surface area is 126 Å². The fourth-order valence-corrected chi connectivity index (χ4v) is 2.43. The van der Waals surface area contributed by atoms with Gasteiger partial charge in [-0.05, 0) is 24.8 Å². The molecule has 2 rings (SSSR count). The van der Waals surface area contributed by atoms with E-state index in [1.807, 2.05) is 23.1 Å². The number of hydrogen-bond acceptors (Lipinski definition) is 2. The van der Waals surface area contributed by atoms with E-state index in [0.717, 1.165) is 38.9 Å². The molecule has 3 N–H and O–H groups in total. The van der Waals surface area contributed by atoms with Crippen LogP contribution in [-0.2, 0) is 11.2 Å². The molecule has 1 aliphatic rings. The third kappa shape index (κ3) is 5.45. The number of benzene rings is 1. The van der Waals surface area contributed by atoms with Crippen molar-refractivity contribution in [3.63, 3.8) is 0 Å². The predicted molar refractivity (Wildman–Crippen MR) is 85.1 cm³/mol. The number of rotatable bonds is 6. The Hall–Kier alpha value is -2.04. The molecule has 0 atom stereocenters. The van der Waals surface area contributed by atoms with E-state index in [2.05, 4.69) is 22.4 Å². The van der Waals surface area contributed by atoms with Gasteiger partial charge in [0.2, 0.25) is 5.91 Å². The van der Waals surface area contributed by atoms with Crippen LogP contribution in [0, 0.1) is 0 Å². The molecule has 1 heterocycles. The van der Waals surface area contributed by atoms with Gasteiger partial charge in [0.15, 0.2) is 5.96 Å². The highest BCUT2D eigenvalue weighted by Crippen LogP contribution is 2.08. The molecule has 114 valence electrons. The van der Waals surface area contributed by atoms with Crippen molar-refractivity contribution in [1.29, 1.82) is 0 Å². The lowest BCUT2D eigenvalue weighted by Crippen LogP contribution is -2.34. The van der Waals surface area contributed by atoms with Crippen molar-refractivity contribution in [2.75, 3.05) is 26.2 Å². The average Bonchev–Trinajstić information content (AvgIpc) is 3.02. The summed E-state index contributed by atoms with van der Waals surface area (Å²) in [6.45, 7) is 3.00. The Kier molecular flexibility index (Phi) is 6.06. The molecule has 0 bridgehead atoms. The molecule has 0 radical (unpaired) electrons. The molecule has 1 aromatic rings. The molecule has 5 nitrogen and oxygen atoms in total. The molecule has 1 fully saturated rings. The highest BCUT2D eigenvalue weighted by molar-refractivity contribution is 5.79. The van der Waals surface area contributed by atoms with Crippen LogP contribution in [0.3, 0.4) is 0 Å². The average molecular weight is 288 g/mol. The van der Waals surface area contributed by atoms with Gasteiger partial charge in [0.1, 0.15) is 0 Å². The molecular weight excluding hydrogens is 264 g/mol. The van der Waals surface area contributed by atoms with Crippen LogP contribution in [0.15, 0.2) is 35.3 Å². The number of hydrogen-bond donors (Lipinski definition) is 2. The molecule has 0 spiro atoms. The van der Waals surface area contributed by atoms with E-state index in [4.69, 9.17) is 5.73 Å². The van der Waals surface area contributed by atoms with Crippen LogP contribution in [0.1, 0.15) is 24.8 Å². The first kappa shape index (κ1) is 15.4. The highest BCUT2D eigenvalue weighted by atomic mass is 16.2. The van der Waals surface area contributed by atoms with Crippen molar-refractivity contribution < 1.29 is 4.79 Å². The van der Waals surface area contributed by atoms with Crippen molar-refractivity contribution in [1.82, 2.24) is 10.2 Å². The maximum absolute atomic E-state index is 11.8. The van der Waals surface area contributed by atoms with Crippen LogP contribution in [-0.4, -0.2) is 42.9 Å². The van der Waals surface area contributed by atoms with Gasteiger partial charge in [0, 0.05) is 26.1 Å². The van der Waals surface area contributed by atoms with E-state index in [1.165, 1.54) is 5.56 Å². The van der Waals surface area contributed by atoms with Gasteiger partial charge in [-0.1, -0.05) is 30.3 Å². The first-order valence-electron chi connectivity index (χ1n) is 7.61. The van der Waals surface area contributed by atoms with Crippen LogP contribution in [0.5, 0.6) is 0 Å². The molecule has 5 heteroatoms. The van der Waals surface area contributed by atoms with E-state index in [1.54, 1.807) is 0 Å². The minimum Gasteiger partial charge on any atom is -0.370 e. The van der Waals surface area contributed by atoms with Gasteiger partial charge in [-0.15, -0.1) is 0 Å². The molecular formula is C16H24N4O. The number of nitrogens with zero attached hydrogens (tertiary/aromatic N) is 2. The second-order valence-electron chi connectivity index (χ2n) is 5.27. The molecule has 0 unspecified atom stereocenters. The van der Waals surface area contributed by atoms with Gasteiger partial charge in [-0.2, -0.15) is 0 Å². The van der Waals surface area contributed by atoms with Crippen molar-refractivity contribution >= 4 is 11.9 Å². The highest BCUT2D eigenvalue weighted by Gasteiger charge is 2.16. The predicted octanol–water partition coefficient (Wildman–Crippen LogP) is 1.15. The molecule has 0 aromatic heterocycles. The minimum absolute atomic E-state index is 0.188. The fraction of sp³-hybridized carbons (Fsp3) is 0.500. The lowest BCUT2D eigenvalue weighted by atomic mass is 10.1. The summed E-state index contributed by atoms with van der Waals surface area (Å²) in [5.41, 5.74) is 7.06. The fourth-order valence-electron chi connectivity index (χ4n) is 2.43. The molecule has 21 heavy (non-hydrogen) atoms. The van der Waals surface area contributed by atoms with Crippen LogP contribution >= 0.6 is 0 Å².